The first-order valence-corrected chi connectivity index (χ1v) is 10.5. The predicted molar refractivity (Wildman–Crippen MR) is 119 cm³/mol. The molecule has 0 radical (unpaired) electrons. The molecule has 0 bridgehead atoms. The number of imide groups is 1. The molecule has 0 N–H and O–H groups in total. The van der Waals surface area contributed by atoms with E-state index >= 15 is 0 Å². The molecular formula is C24H22N2O3S. The molecule has 3 aromatic rings. The number of amides is 2. The summed E-state index contributed by atoms with van der Waals surface area (Å²) in [6.45, 7) is 2.44. The predicted octanol–water partition coefficient (Wildman–Crippen LogP) is 4.48. The fraction of sp³-hybridized carbons (Fsp3) is 0.167. The molecule has 0 saturated heterocycles. The van der Waals surface area contributed by atoms with E-state index in [2.05, 4.69) is 0 Å². The lowest BCUT2D eigenvalue weighted by Gasteiger charge is -2.22. The standard InChI is InChI=1S/C24H22N2O3S/c1-16-11-12-19(29-3)18(14-16)26-23(27)21(20-10-7-13-30-20)22(24(26)28)25(2)15-17-8-5-4-6-9-17/h4-14H,15H2,1-3H3. The highest BCUT2D eigenvalue weighted by atomic mass is 32.1. The van der Waals surface area contributed by atoms with Crippen LogP contribution in [0.3, 0.4) is 0 Å². The smallest absolute Gasteiger partial charge is 0.282 e. The number of thiophene rings is 1. The molecule has 30 heavy (non-hydrogen) atoms. The Bertz CT molecular complexity index is 1120. The van der Waals surface area contributed by atoms with Gasteiger partial charge in [0.1, 0.15) is 11.4 Å². The molecule has 6 heteroatoms. The molecule has 1 aliphatic rings. The second-order valence-corrected chi connectivity index (χ2v) is 8.11. The van der Waals surface area contributed by atoms with Gasteiger partial charge in [0, 0.05) is 18.5 Å². The maximum absolute atomic E-state index is 13.6. The fourth-order valence-corrected chi connectivity index (χ4v) is 4.41. The lowest BCUT2D eigenvalue weighted by molar-refractivity contribution is -0.120. The van der Waals surface area contributed by atoms with Crippen LogP contribution < -0.4 is 9.64 Å². The third kappa shape index (κ3) is 3.50. The Morgan fingerprint density at radius 2 is 1.77 bits per heavy atom. The molecule has 0 atom stereocenters. The number of rotatable bonds is 6. The summed E-state index contributed by atoms with van der Waals surface area (Å²) in [5.74, 6) is -0.188. The summed E-state index contributed by atoms with van der Waals surface area (Å²) in [7, 11) is 3.38. The number of methoxy groups -OCH3 is 1. The number of hydrogen-bond donors (Lipinski definition) is 0. The van der Waals surface area contributed by atoms with E-state index in [1.807, 2.05) is 72.8 Å². The number of aryl methyl sites for hydroxylation is 1. The SMILES string of the molecule is COc1ccc(C)cc1N1C(=O)C(c2cccs2)=C(N(C)Cc2ccccc2)C1=O. The number of carbonyl (C=O) groups excluding carboxylic acids is 2. The molecule has 2 aromatic carbocycles. The van der Waals surface area contributed by atoms with E-state index in [0.717, 1.165) is 16.0 Å². The molecule has 1 aromatic heterocycles. The Hall–Kier alpha value is -3.38. The zero-order valence-corrected chi connectivity index (χ0v) is 17.9. The minimum atomic E-state index is -0.342. The van der Waals surface area contributed by atoms with Gasteiger partial charge in [0.05, 0.1) is 18.4 Å². The zero-order chi connectivity index (χ0) is 21.3. The van der Waals surface area contributed by atoms with Crippen molar-refractivity contribution >= 4 is 34.4 Å². The van der Waals surface area contributed by atoms with Crippen molar-refractivity contribution in [1.82, 2.24) is 4.90 Å². The molecule has 0 saturated carbocycles. The Kier molecular flexibility index (Phi) is 5.42. The summed E-state index contributed by atoms with van der Waals surface area (Å²) in [5, 5.41) is 1.91. The van der Waals surface area contributed by atoms with Crippen molar-refractivity contribution in [1.29, 1.82) is 0 Å². The first-order valence-electron chi connectivity index (χ1n) is 9.58. The number of carbonyl (C=O) groups is 2. The molecule has 0 unspecified atom stereocenters. The van der Waals surface area contributed by atoms with Crippen LogP contribution in [0, 0.1) is 6.92 Å². The molecule has 152 valence electrons. The number of nitrogens with zero attached hydrogens (tertiary/aromatic N) is 2. The molecule has 2 heterocycles. The van der Waals surface area contributed by atoms with Crippen LogP contribution >= 0.6 is 11.3 Å². The normalized spacial score (nSPS) is 13.9. The molecule has 1 aliphatic heterocycles. The molecule has 4 rings (SSSR count). The Labute approximate surface area is 179 Å². The first-order chi connectivity index (χ1) is 14.5. The van der Waals surface area contributed by atoms with Crippen LogP contribution in [0.5, 0.6) is 5.75 Å². The lowest BCUT2D eigenvalue weighted by Crippen LogP contribution is -2.34. The number of ether oxygens (including phenoxy) is 1. The molecule has 0 fully saturated rings. The van der Waals surface area contributed by atoms with Gasteiger partial charge in [0.2, 0.25) is 0 Å². The van der Waals surface area contributed by atoms with Gasteiger partial charge < -0.3 is 9.64 Å². The van der Waals surface area contributed by atoms with Gasteiger partial charge in [-0.2, -0.15) is 0 Å². The molecule has 5 nitrogen and oxygen atoms in total. The average Bonchev–Trinajstić information content (AvgIpc) is 3.34. The fourth-order valence-electron chi connectivity index (χ4n) is 3.65. The van der Waals surface area contributed by atoms with E-state index in [1.165, 1.54) is 23.3 Å². The van der Waals surface area contributed by atoms with Gasteiger partial charge in [-0.1, -0.05) is 42.5 Å². The topological polar surface area (TPSA) is 49.9 Å². The largest absolute Gasteiger partial charge is 0.495 e. The number of anilines is 1. The third-order valence-corrected chi connectivity index (χ3v) is 5.93. The minimum absolute atomic E-state index is 0.332. The van der Waals surface area contributed by atoms with Crippen molar-refractivity contribution in [2.45, 2.75) is 13.5 Å². The van der Waals surface area contributed by atoms with Crippen LogP contribution in [0.4, 0.5) is 5.69 Å². The van der Waals surface area contributed by atoms with E-state index < -0.39 is 0 Å². The zero-order valence-electron chi connectivity index (χ0n) is 17.1. The summed E-state index contributed by atoms with van der Waals surface area (Å²) < 4.78 is 5.45. The summed E-state index contributed by atoms with van der Waals surface area (Å²) in [5.41, 5.74) is 3.29. The highest BCUT2D eigenvalue weighted by Crippen LogP contribution is 2.40. The van der Waals surface area contributed by atoms with Gasteiger partial charge in [-0.25, -0.2) is 4.90 Å². The van der Waals surface area contributed by atoms with E-state index in [1.54, 1.807) is 12.1 Å². The summed E-state index contributed by atoms with van der Waals surface area (Å²) in [6, 6.07) is 19.1. The van der Waals surface area contributed by atoms with E-state index in [-0.39, 0.29) is 11.8 Å². The summed E-state index contributed by atoms with van der Waals surface area (Å²) >= 11 is 1.45. The highest BCUT2D eigenvalue weighted by Gasteiger charge is 2.43. The third-order valence-electron chi connectivity index (χ3n) is 5.05. The second kappa shape index (κ2) is 8.16. The van der Waals surface area contributed by atoms with Crippen molar-refractivity contribution in [2.24, 2.45) is 0 Å². The van der Waals surface area contributed by atoms with E-state index in [0.29, 0.717) is 29.3 Å². The molecule has 2 amide bonds. The molecule has 0 aliphatic carbocycles. The van der Waals surface area contributed by atoms with Crippen LogP contribution in [-0.2, 0) is 16.1 Å². The minimum Gasteiger partial charge on any atom is -0.495 e. The maximum Gasteiger partial charge on any atom is 0.282 e. The molecular weight excluding hydrogens is 396 g/mol. The van der Waals surface area contributed by atoms with Crippen molar-refractivity contribution < 1.29 is 14.3 Å². The van der Waals surface area contributed by atoms with Gasteiger partial charge >= 0.3 is 0 Å². The number of hydrogen-bond acceptors (Lipinski definition) is 5. The van der Waals surface area contributed by atoms with E-state index in [9.17, 15) is 9.59 Å². The number of benzene rings is 2. The highest BCUT2D eigenvalue weighted by molar-refractivity contribution is 7.11. The van der Waals surface area contributed by atoms with Crippen molar-refractivity contribution in [3.63, 3.8) is 0 Å². The van der Waals surface area contributed by atoms with Gasteiger partial charge in [0.25, 0.3) is 11.8 Å². The maximum atomic E-state index is 13.6. The first kappa shape index (κ1) is 19.9. The van der Waals surface area contributed by atoms with Gasteiger partial charge in [-0.3, -0.25) is 9.59 Å². The Morgan fingerprint density at radius 1 is 1.00 bits per heavy atom. The summed E-state index contributed by atoms with van der Waals surface area (Å²) in [4.78, 5) is 31.0. The van der Waals surface area contributed by atoms with Gasteiger partial charge in [-0.15, -0.1) is 11.3 Å². The molecule has 0 spiro atoms. The summed E-state index contributed by atoms with van der Waals surface area (Å²) in [6.07, 6.45) is 0. The van der Waals surface area contributed by atoms with Crippen LogP contribution in [-0.4, -0.2) is 30.9 Å². The van der Waals surface area contributed by atoms with Gasteiger partial charge in [-0.05, 0) is 41.6 Å². The number of likely N-dealkylation sites (N-methyl/N-ethyl adjacent to an activating group) is 1. The van der Waals surface area contributed by atoms with Crippen molar-refractivity contribution in [3.8, 4) is 5.75 Å². The average molecular weight is 419 g/mol. The van der Waals surface area contributed by atoms with Crippen LogP contribution in [0.15, 0.2) is 71.7 Å². The van der Waals surface area contributed by atoms with Crippen LogP contribution in [0.1, 0.15) is 16.0 Å². The van der Waals surface area contributed by atoms with Gasteiger partial charge in [0.15, 0.2) is 0 Å². The quantitative estimate of drug-likeness (QED) is 0.554. The Balaban J connectivity index is 1.80. The van der Waals surface area contributed by atoms with Crippen molar-refractivity contribution in [3.05, 3.63) is 87.7 Å². The van der Waals surface area contributed by atoms with Crippen LogP contribution in [0.2, 0.25) is 0 Å². The second-order valence-electron chi connectivity index (χ2n) is 7.16. The lowest BCUT2D eigenvalue weighted by atomic mass is 10.1. The Morgan fingerprint density at radius 3 is 2.43 bits per heavy atom. The van der Waals surface area contributed by atoms with Crippen LogP contribution in [0.25, 0.3) is 5.57 Å². The van der Waals surface area contributed by atoms with E-state index in [4.69, 9.17) is 4.74 Å². The van der Waals surface area contributed by atoms with Crippen molar-refractivity contribution in [2.75, 3.05) is 19.1 Å². The monoisotopic (exact) mass is 418 g/mol.